The van der Waals surface area contributed by atoms with Gasteiger partial charge in [-0.3, -0.25) is 0 Å². The number of aromatic nitrogens is 1. The van der Waals surface area contributed by atoms with Crippen molar-refractivity contribution in [1.82, 2.24) is 4.98 Å². The molecule has 1 aromatic heterocycles. The molecule has 0 saturated carbocycles. The Morgan fingerprint density at radius 3 is 3.23 bits per heavy atom. The summed E-state index contributed by atoms with van der Waals surface area (Å²) in [6.45, 7) is 0.946. The SMILES string of the molecule is O=C(O)c1cc2c(cn1)NCCC2. The van der Waals surface area contributed by atoms with Crippen LogP contribution in [0.3, 0.4) is 0 Å². The summed E-state index contributed by atoms with van der Waals surface area (Å²) < 4.78 is 0. The fourth-order valence-electron chi connectivity index (χ4n) is 1.48. The van der Waals surface area contributed by atoms with E-state index >= 15 is 0 Å². The summed E-state index contributed by atoms with van der Waals surface area (Å²) in [4.78, 5) is 14.4. The summed E-state index contributed by atoms with van der Waals surface area (Å²) in [5, 5.41) is 11.9. The molecule has 2 heterocycles. The van der Waals surface area contributed by atoms with Crippen LogP contribution in [0.1, 0.15) is 22.5 Å². The van der Waals surface area contributed by atoms with Crippen LogP contribution in [0.15, 0.2) is 12.3 Å². The summed E-state index contributed by atoms with van der Waals surface area (Å²) in [7, 11) is 0. The summed E-state index contributed by atoms with van der Waals surface area (Å²) in [5.74, 6) is -0.964. The summed E-state index contributed by atoms with van der Waals surface area (Å²) in [6, 6.07) is 1.64. The van der Waals surface area contributed by atoms with Gasteiger partial charge in [0, 0.05) is 6.54 Å². The van der Waals surface area contributed by atoms with Gasteiger partial charge in [-0.05, 0) is 24.5 Å². The lowest BCUT2D eigenvalue weighted by molar-refractivity contribution is 0.0690. The molecule has 0 atom stereocenters. The normalized spacial score (nSPS) is 14.5. The molecule has 0 spiro atoms. The lowest BCUT2D eigenvalue weighted by Gasteiger charge is -2.17. The lowest BCUT2D eigenvalue weighted by atomic mass is 10.0. The van der Waals surface area contributed by atoms with Crippen molar-refractivity contribution in [3.63, 3.8) is 0 Å². The number of anilines is 1. The number of pyridine rings is 1. The molecule has 0 aliphatic carbocycles. The second-order valence-electron chi connectivity index (χ2n) is 3.06. The van der Waals surface area contributed by atoms with Gasteiger partial charge in [-0.1, -0.05) is 0 Å². The number of nitrogens with zero attached hydrogens (tertiary/aromatic N) is 1. The molecule has 0 unspecified atom stereocenters. The Kier molecular flexibility index (Phi) is 1.88. The Balaban J connectivity index is 2.40. The number of hydrogen-bond donors (Lipinski definition) is 2. The van der Waals surface area contributed by atoms with Gasteiger partial charge in [-0.25, -0.2) is 9.78 Å². The van der Waals surface area contributed by atoms with Crippen LogP contribution in [0.4, 0.5) is 5.69 Å². The van der Waals surface area contributed by atoms with Crippen LogP contribution >= 0.6 is 0 Å². The highest BCUT2D eigenvalue weighted by atomic mass is 16.4. The topological polar surface area (TPSA) is 62.2 Å². The number of carbonyl (C=O) groups is 1. The van der Waals surface area contributed by atoms with Crippen molar-refractivity contribution >= 4 is 11.7 Å². The first-order valence-electron chi connectivity index (χ1n) is 4.23. The van der Waals surface area contributed by atoms with Gasteiger partial charge in [0.05, 0.1) is 11.9 Å². The second kappa shape index (κ2) is 3.05. The van der Waals surface area contributed by atoms with Crippen LogP contribution in [-0.2, 0) is 6.42 Å². The molecule has 1 aliphatic rings. The molecule has 2 rings (SSSR count). The van der Waals surface area contributed by atoms with Gasteiger partial charge in [0.2, 0.25) is 0 Å². The number of hydrogen-bond acceptors (Lipinski definition) is 3. The van der Waals surface area contributed by atoms with E-state index in [2.05, 4.69) is 10.3 Å². The molecule has 1 aromatic rings. The third kappa shape index (κ3) is 1.47. The fraction of sp³-hybridized carbons (Fsp3) is 0.333. The molecule has 2 N–H and O–H groups in total. The number of carboxylic acids is 1. The number of nitrogens with one attached hydrogen (secondary N) is 1. The third-order valence-corrected chi connectivity index (χ3v) is 2.15. The van der Waals surface area contributed by atoms with E-state index in [1.54, 1.807) is 12.3 Å². The Morgan fingerprint density at radius 2 is 2.46 bits per heavy atom. The Labute approximate surface area is 75.6 Å². The largest absolute Gasteiger partial charge is 0.477 e. The van der Waals surface area contributed by atoms with Crippen LogP contribution in [0.2, 0.25) is 0 Å². The minimum Gasteiger partial charge on any atom is -0.477 e. The van der Waals surface area contributed by atoms with Gasteiger partial charge in [0.1, 0.15) is 5.69 Å². The van der Waals surface area contributed by atoms with Crippen molar-refractivity contribution in [3.8, 4) is 0 Å². The average molecular weight is 178 g/mol. The standard InChI is InChI=1S/C9H10N2O2/c12-9(13)7-4-6-2-1-3-10-8(6)5-11-7/h4-5,10H,1-3H2,(H,12,13). The maximum absolute atomic E-state index is 10.6. The fourth-order valence-corrected chi connectivity index (χ4v) is 1.48. The van der Waals surface area contributed by atoms with Crippen molar-refractivity contribution in [2.75, 3.05) is 11.9 Å². The molecule has 0 fully saturated rings. The molecule has 13 heavy (non-hydrogen) atoms. The predicted molar refractivity (Wildman–Crippen MR) is 48.0 cm³/mol. The third-order valence-electron chi connectivity index (χ3n) is 2.15. The van der Waals surface area contributed by atoms with Gasteiger partial charge < -0.3 is 10.4 Å². The Hall–Kier alpha value is -1.58. The van der Waals surface area contributed by atoms with Crippen molar-refractivity contribution in [1.29, 1.82) is 0 Å². The molecular formula is C9H10N2O2. The van der Waals surface area contributed by atoms with E-state index in [4.69, 9.17) is 5.11 Å². The smallest absolute Gasteiger partial charge is 0.354 e. The quantitative estimate of drug-likeness (QED) is 0.676. The van der Waals surface area contributed by atoms with Crippen molar-refractivity contribution in [3.05, 3.63) is 23.5 Å². The van der Waals surface area contributed by atoms with Crippen LogP contribution in [-0.4, -0.2) is 22.6 Å². The zero-order valence-electron chi connectivity index (χ0n) is 7.08. The maximum Gasteiger partial charge on any atom is 0.354 e. The zero-order valence-corrected chi connectivity index (χ0v) is 7.08. The first kappa shape index (κ1) is 8.04. The highest BCUT2D eigenvalue weighted by Crippen LogP contribution is 2.20. The number of aryl methyl sites for hydroxylation is 1. The summed E-state index contributed by atoms with van der Waals surface area (Å²) in [5.41, 5.74) is 2.15. The van der Waals surface area contributed by atoms with E-state index in [-0.39, 0.29) is 5.69 Å². The Morgan fingerprint density at radius 1 is 1.62 bits per heavy atom. The number of aromatic carboxylic acids is 1. The number of carboxylic acid groups (broad SMARTS) is 1. The molecule has 0 radical (unpaired) electrons. The average Bonchev–Trinajstić information content (AvgIpc) is 2.17. The predicted octanol–water partition coefficient (Wildman–Crippen LogP) is 1.14. The zero-order chi connectivity index (χ0) is 9.26. The lowest BCUT2D eigenvalue weighted by Crippen LogP contribution is -2.13. The van der Waals surface area contributed by atoms with Gasteiger partial charge in [0.15, 0.2) is 0 Å². The summed E-state index contributed by atoms with van der Waals surface area (Å²) in [6.07, 6.45) is 3.58. The van der Waals surface area contributed by atoms with Crippen LogP contribution in [0.5, 0.6) is 0 Å². The Bertz CT molecular complexity index is 349. The van der Waals surface area contributed by atoms with E-state index < -0.39 is 5.97 Å². The van der Waals surface area contributed by atoms with Gasteiger partial charge >= 0.3 is 5.97 Å². The monoisotopic (exact) mass is 178 g/mol. The van der Waals surface area contributed by atoms with Crippen molar-refractivity contribution < 1.29 is 9.90 Å². The molecule has 4 nitrogen and oxygen atoms in total. The molecule has 4 heteroatoms. The van der Waals surface area contributed by atoms with Crippen LogP contribution in [0.25, 0.3) is 0 Å². The van der Waals surface area contributed by atoms with Crippen LogP contribution < -0.4 is 5.32 Å². The number of rotatable bonds is 1. The molecule has 1 aliphatic heterocycles. The summed E-state index contributed by atoms with van der Waals surface area (Å²) >= 11 is 0. The van der Waals surface area contributed by atoms with E-state index in [0.29, 0.717) is 0 Å². The maximum atomic E-state index is 10.6. The molecule has 0 bridgehead atoms. The van der Waals surface area contributed by atoms with Gasteiger partial charge in [0.25, 0.3) is 0 Å². The molecule has 68 valence electrons. The van der Waals surface area contributed by atoms with E-state index in [1.165, 1.54) is 0 Å². The molecule has 0 aromatic carbocycles. The van der Waals surface area contributed by atoms with Gasteiger partial charge in [-0.15, -0.1) is 0 Å². The first-order valence-corrected chi connectivity index (χ1v) is 4.23. The number of fused-ring (bicyclic) bond motifs is 1. The minimum atomic E-state index is -0.964. The van der Waals surface area contributed by atoms with E-state index in [1.807, 2.05) is 0 Å². The van der Waals surface area contributed by atoms with Crippen molar-refractivity contribution in [2.24, 2.45) is 0 Å². The second-order valence-corrected chi connectivity index (χ2v) is 3.06. The van der Waals surface area contributed by atoms with Crippen molar-refractivity contribution in [2.45, 2.75) is 12.8 Å². The molecule has 0 saturated heterocycles. The first-order chi connectivity index (χ1) is 6.27. The van der Waals surface area contributed by atoms with E-state index in [0.717, 1.165) is 30.6 Å². The van der Waals surface area contributed by atoms with Gasteiger partial charge in [-0.2, -0.15) is 0 Å². The minimum absolute atomic E-state index is 0.127. The molecule has 0 amide bonds. The highest BCUT2D eigenvalue weighted by Gasteiger charge is 2.12. The van der Waals surface area contributed by atoms with Crippen LogP contribution in [0, 0.1) is 0 Å². The van der Waals surface area contributed by atoms with E-state index in [9.17, 15) is 4.79 Å². The molecular weight excluding hydrogens is 168 g/mol. The highest BCUT2D eigenvalue weighted by molar-refractivity contribution is 5.86.